The molecular formula is C18H19NO3S. The zero-order valence-corrected chi connectivity index (χ0v) is 13.8. The number of hydrogen-bond donors (Lipinski definition) is 1. The Bertz CT molecular complexity index is 729. The van der Waals surface area contributed by atoms with Crippen molar-refractivity contribution in [3.63, 3.8) is 0 Å². The van der Waals surface area contributed by atoms with Crippen LogP contribution in [-0.2, 0) is 0 Å². The van der Waals surface area contributed by atoms with Crippen molar-refractivity contribution in [1.29, 1.82) is 0 Å². The van der Waals surface area contributed by atoms with Gasteiger partial charge in [-0.1, -0.05) is 24.3 Å². The van der Waals surface area contributed by atoms with Crippen molar-refractivity contribution in [1.82, 2.24) is 4.90 Å². The molecule has 2 heterocycles. The van der Waals surface area contributed by atoms with Gasteiger partial charge >= 0.3 is 5.97 Å². The minimum atomic E-state index is -0.979. The lowest BCUT2D eigenvalue weighted by Crippen LogP contribution is -2.37. The van der Waals surface area contributed by atoms with Crippen molar-refractivity contribution in [2.45, 2.75) is 25.7 Å². The number of carbonyl (C=O) groups excluding carboxylic acids is 1. The molecule has 3 rings (SSSR count). The molecule has 1 aromatic carbocycles. The summed E-state index contributed by atoms with van der Waals surface area (Å²) in [5.41, 5.74) is 2.69. The third kappa shape index (κ3) is 3.29. The van der Waals surface area contributed by atoms with Crippen LogP contribution in [0.1, 0.15) is 49.2 Å². The number of aryl methyl sites for hydroxylation is 1. The van der Waals surface area contributed by atoms with E-state index in [0.717, 1.165) is 37.3 Å². The van der Waals surface area contributed by atoms with Gasteiger partial charge in [-0.15, -0.1) is 11.3 Å². The molecule has 2 aromatic rings. The molecule has 1 amide bonds. The van der Waals surface area contributed by atoms with Crippen LogP contribution in [0.4, 0.5) is 0 Å². The third-order valence-corrected chi connectivity index (χ3v) is 5.50. The van der Waals surface area contributed by atoms with E-state index >= 15 is 0 Å². The van der Waals surface area contributed by atoms with Gasteiger partial charge in [0.1, 0.15) is 4.88 Å². The molecule has 4 nitrogen and oxygen atoms in total. The highest BCUT2D eigenvalue weighted by Crippen LogP contribution is 2.31. The standard InChI is InChI=1S/C18H19NO3S/c1-12-4-2-3-5-14(12)13-8-10-19(11-9-13)17(20)15-6-7-16(23-15)18(21)22/h2-7,13H,8-11H2,1H3,(H,21,22). The Labute approximate surface area is 139 Å². The van der Waals surface area contributed by atoms with E-state index in [1.165, 1.54) is 17.2 Å². The molecule has 1 saturated heterocycles. The van der Waals surface area contributed by atoms with E-state index in [2.05, 4.69) is 25.1 Å². The second kappa shape index (κ2) is 6.54. The van der Waals surface area contributed by atoms with Gasteiger partial charge in [-0.3, -0.25) is 4.79 Å². The van der Waals surface area contributed by atoms with Crippen LogP contribution >= 0.6 is 11.3 Å². The Morgan fingerprint density at radius 2 is 1.74 bits per heavy atom. The van der Waals surface area contributed by atoms with Crippen LogP contribution < -0.4 is 0 Å². The summed E-state index contributed by atoms with van der Waals surface area (Å²) in [6.45, 7) is 3.57. The molecular weight excluding hydrogens is 310 g/mol. The quantitative estimate of drug-likeness (QED) is 0.932. The maximum atomic E-state index is 12.5. The van der Waals surface area contributed by atoms with Crippen molar-refractivity contribution in [2.75, 3.05) is 13.1 Å². The number of carbonyl (C=O) groups is 2. The van der Waals surface area contributed by atoms with Gasteiger partial charge in [-0.25, -0.2) is 4.79 Å². The molecule has 0 unspecified atom stereocenters. The van der Waals surface area contributed by atoms with Crippen LogP contribution in [0.25, 0.3) is 0 Å². The van der Waals surface area contributed by atoms with Gasteiger partial charge in [0.05, 0.1) is 4.88 Å². The van der Waals surface area contributed by atoms with Crippen molar-refractivity contribution >= 4 is 23.2 Å². The number of aromatic carboxylic acids is 1. The molecule has 1 aliphatic rings. The molecule has 1 aromatic heterocycles. The highest BCUT2D eigenvalue weighted by molar-refractivity contribution is 7.15. The summed E-state index contributed by atoms with van der Waals surface area (Å²) in [5, 5.41) is 8.96. The number of carboxylic acids is 1. The molecule has 120 valence electrons. The first-order valence-corrected chi connectivity index (χ1v) is 8.56. The van der Waals surface area contributed by atoms with Gasteiger partial charge in [-0.2, -0.15) is 0 Å². The lowest BCUT2D eigenvalue weighted by Gasteiger charge is -2.32. The van der Waals surface area contributed by atoms with E-state index in [4.69, 9.17) is 5.11 Å². The van der Waals surface area contributed by atoms with Crippen molar-refractivity contribution in [2.24, 2.45) is 0 Å². The van der Waals surface area contributed by atoms with E-state index in [1.807, 2.05) is 11.0 Å². The molecule has 1 aliphatic heterocycles. The molecule has 23 heavy (non-hydrogen) atoms. The molecule has 1 N–H and O–H groups in total. The average molecular weight is 329 g/mol. The van der Waals surface area contributed by atoms with Crippen LogP contribution in [0.5, 0.6) is 0 Å². The van der Waals surface area contributed by atoms with Crippen molar-refractivity contribution in [3.8, 4) is 0 Å². The number of piperidine rings is 1. The number of amides is 1. The summed E-state index contributed by atoms with van der Waals surface area (Å²) in [5.74, 6) is -0.531. The van der Waals surface area contributed by atoms with E-state index in [1.54, 1.807) is 6.07 Å². The third-order valence-electron chi connectivity index (χ3n) is 4.44. The number of benzene rings is 1. The Hall–Kier alpha value is -2.14. The zero-order chi connectivity index (χ0) is 16.4. The maximum absolute atomic E-state index is 12.5. The van der Waals surface area contributed by atoms with Crippen LogP contribution in [0, 0.1) is 6.92 Å². The Kier molecular flexibility index (Phi) is 4.48. The Balaban J connectivity index is 1.65. The number of rotatable bonds is 3. The predicted octanol–water partition coefficient (Wildman–Crippen LogP) is 3.77. The van der Waals surface area contributed by atoms with Crippen LogP contribution in [0.3, 0.4) is 0 Å². The molecule has 0 saturated carbocycles. The normalized spacial score (nSPS) is 15.6. The van der Waals surface area contributed by atoms with Gasteiger partial charge in [-0.05, 0) is 48.9 Å². The fraction of sp³-hybridized carbons (Fsp3) is 0.333. The summed E-state index contributed by atoms with van der Waals surface area (Å²) in [7, 11) is 0. The first kappa shape index (κ1) is 15.7. The summed E-state index contributed by atoms with van der Waals surface area (Å²) in [6.07, 6.45) is 1.90. The largest absolute Gasteiger partial charge is 0.477 e. The molecule has 1 fully saturated rings. The second-order valence-corrected chi connectivity index (χ2v) is 6.98. The van der Waals surface area contributed by atoms with Gasteiger partial charge in [0.2, 0.25) is 0 Å². The SMILES string of the molecule is Cc1ccccc1C1CCN(C(=O)c2ccc(C(=O)O)s2)CC1. The average Bonchev–Trinajstić information content (AvgIpc) is 3.05. The van der Waals surface area contributed by atoms with Gasteiger partial charge in [0, 0.05) is 13.1 Å². The van der Waals surface area contributed by atoms with E-state index < -0.39 is 5.97 Å². The number of hydrogen-bond acceptors (Lipinski definition) is 3. The maximum Gasteiger partial charge on any atom is 0.345 e. The highest BCUT2D eigenvalue weighted by atomic mass is 32.1. The van der Waals surface area contributed by atoms with Crippen molar-refractivity contribution in [3.05, 3.63) is 57.3 Å². The molecule has 0 bridgehead atoms. The lowest BCUT2D eigenvalue weighted by atomic mass is 9.87. The highest BCUT2D eigenvalue weighted by Gasteiger charge is 2.26. The zero-order valence-electron chi connectivity index (χ0n) is 13.0. The molecule has 0 radical (unpaired) electrons. The molecule has 0 atom stereocenters. The second-order valence-electron chi connectivity index (χ2n) is 5.89. The minimum Gasteiger partial charge on any atom is -0.477 e. The fourth-order valence-electron chi connectivity index (χ4n) is 3.16. The Morgan fingerprint density at radius 1 is 1.09 bits per heavy atom. The predicted molar refractivity (Wildman–Crippen MR) is 90.3 cm³/mol. The summed E-state index contributed by atoms with van der Waals surface area (Å²) >= 11 is 1.05. The number of nitrogens with zero attached hydrogens (tertiary/aromatic N) is 1. The van der Waals surface area contributed by atoms with Crippen LogP contribution in [0.2, 0.25) is 0 Å². The number of likely N-dealkylation sites (tertiary alicyclic amines) is 1. The number of thiophene rings is 1. The van der Waals surface area contributed by atoms with Crippen LogP contribution in [-0.4, -0.2) is 35.0 Å². The topological polar surface area (TPSA) is 57.6 Å². The summed E-state index contributed by atoms with van der Waals surface area (Å²) < 4.78 is 0. The molecule has 5 heteroatoms. The first-order valence-electron chi connectivity index (χ1n) is 7.74. The Morgan fingerprint density at radius 3 is 2.35 bits per heavy atom. The van der Waals surface area contributed by atoms with Gasteiger partial charge in [0.15, 0.2) is 0 Å². The summed E-state index contributed by atoms with van der Waals surface area (Å²) in [6, 6.07) is 11.5. The smallest absolute Gasteiger partial charge is 0.345 e. The lowest BCUT2D eigenvalue weighted by molar-refractivity contribution is 0.0699. The molecule has 0 spiro atoms. The molecule has 0 aliphatic carbocycles. The fourth-order valence-corrected chi connectivity index (χ4v) is 3.97. The monoisotopic (exact) mass is 329 g/mol. The van der Waals surface area contributed by atoms with E-state index in [9.17, 15) is 9.59 Å². The minimum absolute atomic E-state index is 0.0502. The summed E-state index contributed by atoms with van der Waals surface area (Å²) in [4.78, 5) is 26.0. The van der Waals surface area contributed by atoms with Gasteiger partial charge < -0.3 is 10.0 Å². The van der Waals surface area contributed by atoms with Crippen molar-refractivity contribution < 1.29 is 14.7 Å². The van der Waals surface area contributed by atoms with E-state index in [-0.39, 0.29) is 10.8 Å². The van der Waals surface area contributed by atoms with Gasteiger partial charge in [0.25, 0.3) is 5.91 Å². The number of carboxylic acid groups (broad SMARTS) is 1. The first-order chi connectivity index (χ1) is 11.1. The van der Waals surface area contributed by atoms with Crippen LogP contribution in [0.15, 0.2) is 36.4 Å². The van der Waals surface area contributed by atoms with E-state index in [0.29, 0.717) is 10.8 Å².